The molecule has 0 saturated carbocycles. The summed E-state index contributed by atoms with van der Waals surface area (Å²) >= 11 is 11.8. The van der Waals surface area contributed by atoms with Gasteiger partial charge in [0.2, 0.25) is 0 Å². The Labute approximate surface area is 126 Å². The smallest absolute Gasteiger partial charge is 0.272 e. The number of rotatable bonds is 4. The molecule has 104 valence electrons. The summed E-state index contributed by atoms with van der Waals surface area (Å²) in [4.78, 5) is 10.6. The second kappa shape index (κ2) is 6.22. The first-order valence-electron chi connectivity index (χ1n) is 5.92. The lowest BCUT2D eigenvalue weighted by atomic mass is 9.98. The molecule has 2 rings (SSSR count). The summed E-state index contributed by atoms with van der Waals surface area (Å²) < 4.78 is 0. The summed E-state index contributed by atoms with van der Waals surface area (Å²) in [5.74, 6) is 0. The molecule has 2 N–H and O–H groups in total. The predicted octanol–water partition coefficient (Wildman–Crippen LogP) is 4.14. The number of nitro benzene ring substituents is 1. The first-order valence-corrected chi connectivity index (χ1v) is 6.67. The van der Waals surface area contributed by atoms with E-state index >= 15 is 0 Å². The van der Waals surface area contributed by atoms with Gasteiger partial charge >= 0.3 is 0 Å². The Morgan fingerprint density at radius 3 is 2.50 bits per heavy atom. The third kappa shape index (κ3) is 3.28. The summed E-state index contributed by atoms with van der Waals surface area (Å²) in [6, 6.07) is 11.3. The van der Waals surface area contributed by atoms with Gasteiger partial charge in [0.15, 0.2) is 0 Å². The number of halogens is 2. The van der Waals surface area contributed by atoms with Crippen LogP contribution >= 0.6 is 23.2 Å². The zero-order valence-corrected chi connectivity index (χ0v) is 11.9. The number of hydrogen-bond acceptors (Lipinski definition) is 3. The van der Waals surface area contributed by atoms with Crippen LogP contribution in [0.15, 0.2) is 42.5 Å². The van der Waals surface area contributed by atoms with Crippen LogP contribution in [-0.4, -0.2) is 4.92 Å². The SMILES string of the molecule is NC(Cc1ccccc1[N+](=O)[O-])c1ccc(Cl)c(Cl)c1. The zero-order chi connectivity index (χ0) is 14.7. The minimum Gasteiger partial charge on any atom is -0.324 e. The number of para-hydroxylation sites is 1. The zero-order valence-electron chi connectivity index (χ0n) is 10.4. The summed E-state index contributed by atoms with van der Waals surface area (Å²) in [7, 11) is 0. The molecule has 0 spiro atoms. The molecule has 2 aromatic rings. The van der Waals surface area contributed by atoms with Gasteiger partial charge in [0.05, 0.1) is 15.0 Å². The first-order chi connectivity index (χ1) is 9.49. The van der Waals surface area contributed by atoms with Crippen molar-refractivity contribution < 1.29 is 4.92 Å². The highest BCUT2D eigenvalue weighted by atomic mass is 35.5. The molecule has 0 saturated heterocycles. The van der Waals surface area contributed by atoms with Crippen LogP contribution in [0.2, 0.25) is 10.0 Å². The third-order valence-electron chi connectivity index (χ3n) is 3.00. The van der Waals surface area contributed by atoms with Gasteiger partial charge in [-0.2, -0.15) is 0 Å². The van der Waals surface area contributed by atoms with E-state index in [2.05, 4.69) is 0 Å². The summed E-state index contributed by atoms with van der Waals surface area (Å²) in [5, 5.41) is 11.8. The van der Waals surface area contributed by atoms with Crippen LogP contribution in [0.4, 0.5) is 5.69 Å². The molecule has 0 bridgehead atoms. The highest BCUT2D eigenvalue weighted by Gasteiger charge is 2.16. The van der Waals surface area contributed by atoms with Crippen molar-refractivity contribution in [1.29, 1.82) is 0 Å². The lowest BCUT2D eigenvalue weighted by Crippen LogP contribution is -2.14. The van der Waals surface area contributed by atoms with Crippen molar-refractivity contribution in [3.63, 3.8) is 0 Å². The van der Waals surface area contributed by atoms with Gasteiger partial charge in [-0.15, -0.1) is 0 Å². The molecule has 0 heterocycles. The van der Waals surface area contributed by atoms with Crippen molar-refractivity contribution in [3.8, 4) is 0 Å². The van der Waals surface area contributed by atoms with Crippen molar-refractivity contribution in [2.75, 3.05) is 0 Å². The average molecular weight is 311 g/mol. The molecular formula is C14H12Cl2N2O2. The fourth-order valence-electron chi connectivity index (χ4n) is 1.96. The average Bonchev–Trinajstić information content (AvgIpc) is 2.42. The van der Waals surface area contributed by atoms with Crippen molar-refractivity contribution >= 4 is 28.9 Å². The van der Waals surface area contributed by atoms with Gasteiger partial charge in [-0.3, -0.25) is 10.1 Å². The maximum absolute atomic E-state index is 11.0. The molecule has 0 radical (unpaired) electrons. The Bertz CT molecular complexity index is 647. The van der Waals surface area contributed by atoms with Crippen LogP contribution in [0.3, 0.4) is 0 Å². The first kappa shape index (κ1) is 14.8. The number of hydrogen-bond donors (Lipinski definition) is 1. The standard InChI is InChI=1S/C14H12Cl2N2O2/c15-11-6-5-9(7-12(11)16)13(17)8-10-3-1-2-4-14(10)18(19)20/h1-7,13H,8,17H2. The number of nitrogens with two attached hydrogens (primary N) is 1. The highest BCUT2D eigenvalue weighted by Crippen LogP contribution is 2.28. The van der Waals surface area contributed by atoms with Crippen LogP contribution in [0.25, 0.3) is 0 Å². The molecule has 0 amide bonds. The van der Waals surface area contributed by atoms with E-state index in [1.807, 2.05) is 0 Å². The monoisotopic (exact) mass is 310 g/mol. The Morgan fingerprint density at radius 2 is 1.85 bits per heavy atom. The quantitative estimate of drug-likeness (QED) is 0.681. The lowest BCUT2D eigenvalue weighted by Gasteiger charge is -2.13. The van der Waals surface area contributed by atoms with E-state index in [-0.39, 0.29) is 11.7 Å². The second-order valence-electron chi connectivity index (χ2n) is 4.37. The Morgan fingerprint density at radius 1 is 1.15 bits per heavy atom. The Kier molecular flexibility index (Phi) is 4.60. The van der Waals surface area contributed by atoms with Gasteiger partial charge in [0.25, 0.3) is 5.69 Å². The van der Waals surface area contributed by atoms with Crippen molar-refractivity contribution in [2.45, 2.75) is 12.5 Å². The molecule has 1 unspecified atom stereocenters. The molecule has 0 fully saturated rings. The number of nitrogens with zero attached hydrogens (tertiary/aromatic N) is 1. The predicted molar refractivity (Wildman–Crippen MR) is 80.2 cm³/mol. The van der Waals surface area contributed by atoms with E-state index in [1.54, 1.807) is 36.4 Å². The van der Waals surface area contributed by atoms with E-state index in [4.69, 9.17) is 28.9 Å². The van der Waals surface area contributed by atoms with Gasteiger partial charge in [-0.05, 0) is 24.1 Å². The van der Waals surface area contributed by atoms with E-state index in [9.17, 15) is 10.1 Å². The van der Waals surface area contributed by atoms with Crippen molar-refractivity contribution in [2.24, 2.45) is 5.73 Å². The van der Waals surface area contributed by atoms with E-state index < -0.39 is 4.92 Å². The molecule has 1 atom stereocenters. The molecule has 6 heteroatoms. The maximum Gasteiger partial charge on any atom is 0.272 e. The van der Waals surface area contributed by atoms with Gasteiger partial charge in [-0.25, -0.2) is 0 Å². The normalized spacial score (nSPS) is 12.2. The van der Waals surface area contributed by atoms with Gasteiger partial charge in [0, 0.05) is 17.7 Å². The Hall–Kier alpha value is -1.62. The van der Waals surface area contributed by atoms with Crippen LogP contribution < -0.4 is 5.73 Å². The minimum absolute atomic E-state index is 0.0722. The van der Waals surface area contributed by atoms with Crippen LogP contribution in [0, 0.1) is 10.1 Å². The fourth-order valence-corrected chi connectivity index (χ4v) is 2.27. The van der Waals surface area contributed by atoms with E-state index in [0.29, 0.717) is 22.0 Å². The summed E-state index contributed by atoms with van der Waals surface area (Å²) in [6.45, 7) is 0. The van der Waals surface area contributed by atoms with Crippen LogP contribution in [-0.2, 0) is 6.42 Å². The Balaban J connectivity index is 2.25. The minimum atomic E-state index is -0.406. The third-order valence-corrected chi connectivity index (χ3v) is 3.74. The molecule has 20 heavy (non-hydrogen) atoms. The van der Waals surface area contributed by atoms with Gasteiger partial charge in [0.1, 0.15) is 0 Å². The van der Waals surface area contributed by atoms with Crippen LogP contribution in [0.1, 0.15) is 17.2 Å². The van der Waals surface area contributed by atoms with Gasteiger partial charge in [-0.1, -0.05) is 47.5 Å². The molecule has 0 aromatic heterocycles. The summed E-state index contributed by atoms with van der Waals surface area (Å²) in [5.41, 5.74) is 7.55. The summed E-state index contributed by atoms with van der Waals surface area (Å²) in [6.07, 6.45) is 0.356. The molecule has 0 aliphatic heterocycles. The van der Waals surface area contributed by atoms with Crippen molar-refractivity contribution in [1.82, 2.24) is 0 Å². The van der Waals surface area contributed by atoms with Crippen LogP contribution in [0.5, 0.6) is 0 Å². The maximum atomic E-state index is 11.0. The molecule has 0 aliphatic carbocycles. The van der Waals surface area contributed by atoms with E-state index in [0.717, 1.165) is 5.56 Å². The lowest BCUT2D eigenvalue weighted by molar-refractivity contribution is -0.385. The second-order valence-corrected chi connectivity index (χ2v) is 5.18. The molecule has 4 nitrogen and oxygen atoms in total. The molecule has 0 aliphatic rings. The topological polar surface area (TPSA) is 69.2 Å². The molecular weight excluding hydrogens is 299 g/mol. The van der Waals surface area contributed by atoms with Crippen molar-refractivity contribution in [3.05, 3.63) is 73.8 Å². The largest absolute Gasteiger partial charge is 0.324 e. The van der Waals surface area contributed by atoms with E-state index in [1.165, 1.54) is 6.07 Å². The van der Waals surface area contributed by atoms with Gasteiger partial charge < -0.3 is 5.73 Å². The fraction of sp³-hybridized carbons (Fsp3) is 0.143. The molecule has 2 aromatic carbocycles. The highest BCUT2D eigenvalue weighted by molar-refractivity contribution is 6.42. The number of nitro groups is 1. The number of benzene rings is 2.